The summed E-state index contributed by atoms with van der Waals surface area (Å²) in [5.41, 5.74) is 8.00. The van der Waals surface area contributed by atoms with E-state index in [2.05, 4.69) is 11.8 Å². The summed E-state index contributed by atoms with van der Waals surface area (Å²) < 4.78 is 1.91. The zero-order valence-electron chi connectivity index (χ0n) is 11.2. The second kappa shape index (κ2) is 5.66. The van der Waals surface area contributed by atoms with Gasteiger partial charge in [0, 0.05) is 16.6 Å². The summed E-state index contributed by atoms with van der Waals surface area (Å²) in [6, 6.07) is 7.71. The first-order valence-electron chi connectivity index (χ1n) is 6.77. The smallest absolute Gasteiger partial charge is 0.251 e. The minimum Gasteiger partial charge on any atom is -0.320 e. The molecule has 20 heavy (non-hydrogen) atoms. The summed E-state index contributed by atoms with van der Waals surface area (Å²) in [4.78, 5) is 14.3. The number of aromatic nitrogens is 1. The van der Waals surface area contributed by atoms with Crippen LogP contribution in [-0.2, 0) is 19.4 Å². The summed E-state index contributed by atoms with van der Waals surface area (Å²) in [5.74, 6) is 5.89. The molecule has 2 aromatic rings. The second-order valence-electron chi connectivity index (χ2n) is 4.86. The Morgan fingerprint density at radius 2 is 2.15 bits per heavy atom. The van der Waals surface area contributed by atoms with Gasteiger partial charge in [-0.05, 0) is 37.0 Å². The van der Waals surface area contributed by atoms with Gasteiger partial charge < -0.3 is 10.3 Å². The molecule has 0 bridgehead atoms. The highest BCUT2D eigenvalue weighted by molar-refractivity contribution is 7.12. The van der Waals surface area contributed by atoms with Crippen LogP contribution in [0.3, 0.4) is 0 Å². The van der Waals surface area contributed by atoms with Gasteiger partial charge in [-0.25, -0.2) is 0 Å². The molecule has 0 aromatic carbocycles. The highest BCUT2D eigenvalue weighted by Crippen LogP contribution is 2.22. The summed E-state index contributed by atoms with van der Waals surface area (Å²) in [7, 11) is 0. The number of rotatable bonds is 2. The number of nitrogens with two attached hydrogens (primary N) is 1. The SMILES string of the molecule is NCC#Cc1ccc(Cn2c3c(ccc2=O)CCC3)s1. The number of hydrogen-bond donors (Lipinski definition) is 1. The summed E-state index contributed by atoms with van der Waals surface area (Å²) >= 11 is 1.63. The van der Waals surface area contributed by atoms with Crippen LogP contribution < -0.4 is 11.3 Å². The zero-order chi connectivity index (χ0) is 13.9. The molecule has 0 radical (unpaired) electrons. The van der Waals surface area contributed by atoms with Gasteiger partial charge in [-0.3, -0.25) is 4.79 Å². The van der Waals surface area contributed by atoms with Crippen molar-refractivity contribution in [3.05, 3.63) is 55.6 Å². The van der Waals surface area contributed by atoms with E-state index >= 15 is 0 Å². The van der Waals surface area contributed by atoms with Crippen LogP contribution in [0.1, 0.15) is 27.4 Å². The van der Waals surface area contributed by atoms with Gasteiger partial charge in [-0.1, -0.05) is 17.9 Å². The molecule has 0 atom stereocenters. The molecule has 0 saturated heterocycles. The molecule has 0 amide bonds. The third-order valence-corrected chi connectivity index (χ3v) is 4.52. The van der Waals surface area contributed by atoms with Crippen LogP contribution >= 0.6 is 11.3 Å². The standard InChI is InChI=1S/C16H16N2OS/c17-10-2-4-13-7-8-14(20-13)11-18-15-5-1-3-12(15)6-9-16(18)19/h6-9H,1,3,5,10-11,17H2. The summed E-state index contributed by atoms with van der Waals surface area (Å²) in [6.45, 7) is 1.02. The average molecular weight is 284 g/mol. The maximum absolute atomic E-state index is 12.1. The topological polar surface area (TPSA) is 48.0 Å². The maximum atomic E-state index is 12.1. The average Bonchev–Trinajstić information content (AvgIpc) is 3.08. The van der Waals surface area contributed by atoms with Crippen molar-refractivity contribution in [2.24, 2.45) is 5.73 Å². The number of pyridine rings is 1. The van der Waals surface area contributed by atoms with E-state index < -0.39 is 0 Å². The molecular formula is C16H16N2OS. The number of nitrogens with zero attached hydrogens (tertiary/aromatic N) is 1. The maximum Gasteiger partial charge on any atom is 0.251 e. The Morgan fingerprint density at radius 3 is 3.00 bits per heavy atom. The Bertz CT molecular complexity index is 746. The van der Waals surface area contributed by atoms with Gasteiger partial charge >= 0.3 is 0 Å². The molecular weight excluding hydrogens is 268 g/mol. The Hall–Kier alpha value is -1.83. The van der Waals surface area contributed by atoms with Crippen molar-refractivity contribution in [1.29, 1.82) is 0 Å². The van der Waals surface area contributed by atoms with E-state index in [0.717, 1.165) is 29.0 Å². The Morgan fingerprint density at radius 1 is 1.25 bits per heavy atom. The van der Waals surface area contributed by atoms with Gasteiger partial charge in [-0.15, -0.1) is 11.3 Å². The van der Waals surface area contributed by atoms with Gasteiger partial charge in [0.25, 0.3) is 5.56 Å². The molecule has 102 valence electrons. The molecule has 2 N–H and O–H groups in total. The third-order valence-electron chi connectivity index (χ3n) is 3.54. The normalized spacial score (nSPS) is 12.8. The number of fused-ring (bicyclic) bond motifs is 1. The monoisotopic (exact) mass is 284 g/mol. The highest BCUT2D eigenvalue weighted by Gasteiger charge is 2.16. The Kier molecular flexibility index (Phi) is 3.72. The zero-order valence-corrected chi connectivity index (χ0v) is 12.0. The Labute approximate surface area is 122 Å². The fourth-order valence-corrected chi connectivity index (χ4v) is 3.50. The lowest BCUT2D eigenvalue weighted by Gasteiger charge is -2.10. The van der Waals surface area contributed by atoms with E-state index in [9.17, 15) is 4.79 Å². The van der Waals surface area contributed by atoms with E-state index in [1.165, 1.54) is 11.3 Å². The van der Waals surface area contributed by atoms with Crippen LogP contribution in [0.5, 0.6) is 0 Å². The van der Waals surface area contributed by atoms with E-state index in [1.54, 1.807) is 17.4 Å². The quantitative estimate of drug-likeness (QED) is 0.854. The minimum atomic E-state index is 0.0913. The van der Waals surface area contributed by atoms with Crippen LogP contribution in [-0.4, -0.2) is 11.1 Å². The van der Waals surface area contributed by atoms with Crippen molar-refractivity contribution < 1.29 is 0 Å². The summed E-state index contributed by atoms with van der Waals surface area (Å²) in [5, 5.41) is 0. The van der Waals surface area contributed by atoms with Crippen LogP contribution in [0.4, 0.5) is 0 Å². The summed E-state index contributed by atoms with van der Waals surface area (Å²) in [6.07, 6.45) is 3.25. The number of aryl methyl sites for hydroxylation is 1. The van der Waals surface area contributed by atoms with Crippen LogP contribution in [0.2, 0.25) is 0 Å². The van der Waals surface area contributed by atoms with Gasteiger partial charge in [0.15, 0.2) is 0 Å². The van der Waals surface area contributed by atoms with E-state index in [1.807, 2.05) is 22.8 Å². The van der Waals surface area contributed by atoms with Crippen molar-refractivity contribution >= 4 is 11.3 Å². The van der Waals surface area contributed by atoms with Crippen molar-refractivity contribution in [1.82, 2.24) is 4.57 Å². The molecule has 0 aliphatic heterocycles. The molecule has 3 nitrogen and oxygen atoms in total. The van der Waals surface area contributed by atoms with E-state index in [0.29, 0.717) is 13.1 Å². The molecule has 2 heterocycles. The Balaban J connectivity index is 1.90. The second-order valence-corrected chi connectivity index (χ2v) is 6.02. The van der Waals surface area contributed by atoms with Crippen molar-refractivity contribution in [2.45, 2.75) is 25.8 Å². The molecule has 1 aliphatic rings. The largest absolute Gasteiger partial charge is 0.320 e. The molecule has 0 fully saturated rings. The lowest BCUT2D eigenvalue weighted by Crippen LogP contribution is -2.22. The molecule has 1 aliphatic carbocycles. The molecule has 0 saturated carbocycles. The fourth-order valence-electron chi connectivity index (χ4n) is 2.63. The van der Waals surface area contributed by atoms with Crippen LogP contribution in [0.15, 0.2) is 29.1 Å². The minimum absolute atomic E-state index is 0.0913. The first kappa shape index (κ1) is 13.2. The van der Waals surface area contributed by atoms with Gasteiger partial charge in [0.2, 0.25) is 0 Å². The molecule has 0 unspecified atom stereocenters. The lowest BCUT2D eigenvalue weighted by molar-refractivity contribution is 0.715. The van der Waals surface area contributed by atoms with E-state index in [4.69, 9.17) is 5.73 Å². The number of thiophene rings is 1. The van der Waals surface area contributed by atoms with Crippen molar-refractivity contribution in [2.75, 3.05) is 6.54 Å². The van der Waals surface area contributed by atoms with Crippen molar-refractivity contribution in [3.8, 4) is 11.8 Å². The number of hydrogen-bond acceptors (Lipinski definition) is 3. The molecule has 3 rings (SSSR count). The lowest BCUT2D eigenvalue weighted by atomic mass is 10.2. The first-order valence-corrected chi connectivity index (χ1v) is 7.59. The van der Waals surface area contributed by atoms with Crippen LogP contribution in [0, 0.1) is 11.8 Å². The van der Waals surface area contributed by atoms with E-state index in [-0.39, 0.29) is 5.56 Å². The van der Waals surface area contributed by atoms with Gasteiger partial charge in [0.1, 0.15) is 0 Å². The predicted molar refractivity (Wildman–Crippen MR) is 82.1 cm³/mol. The van der Waals surface area contributed by atoms with Crippen molar-refractivity contribution in [3.63, 3.8) is 0 Å². The van der Waals surface area contributed by atoms with Gasteiger partial charge in [-0.2, -0.15) is 0 Å². The predicted octanol–water partition coefficient (Wildman–Crippen LogP) is 1.76. The molecule has 2 aromatic heterocycles. The third kappa shape index (κ3) is 2.55. The van der Waals surface area contributed by atoms with Crippen LogP contribution in [0.25, 0.3) is 0 Å². The highest BCUT2D eigenvalue weighted by atomic mass is 32.1. The molecule has 0 spiro atoms. The molecule has 4 heteroatoms. The first-order chi connectivity index (χ1) is 9.78. The fraction of sp³-hybridized carbons (Fsp3) is 0.312. The van der Waals surface area contributed by atoms with Gasteiger partial charge in [0.05, 0.1) is 18.0 Å².